The second-order valence-corrected chi connectivity index (χ2v) is 4.13. The molecule has 2 N–H and O–H groups in total. The van der Waals surface area contributed by atoms with Gasteiger partial charge in [-0.25, -0.2) is 0 Å². The smallest absolute Gasteiger partial charge is 0.320 e. The number of hydrogen-bond donors (Lipinski definition) is 2. The molecule has 0 aliphatic carbocycles. The van der Waals surface area contributed by atoms with Gasteiger partial charge in [-0.2, -0.15) is 0 Å². The lowest BCUT2D eigenvalue weighted by molar-refractivity contribution is -0.145. The van der Waals surface area contributed by atoms with Crippen molar-refractivity contribution in [3.63, 3.8) is 0 Å². The van der Waals surface area contributed by atoms with Crippen molar-refractivity contribution in [1.82, 2.24) is 5.32 Å². The molecular formula is C14H19NO4. The predicted octanol–water partition coefficient (Wildman–Crippen LogP) is 1.57. The molecule has 0 saturated heterocycles. The lowest BCUT2D eigenvalue weighted by Gasteiger charge is -2.12. The third-order valence-electron chi connectivity index (χ3n) is 2.63. The fourth-order valence-corrected chi connectivity index (χ4v) is 1.63. The Bertz CT molecular complexity index is 405. The molecule has 0 radical (unpaired) electrons. The summed E-state index contributed by atoms with van der Waals surface area (Å²) in [5.41, 5.74) is 0.914. The Balaban J connectivity index is 2.29. The van der Waals surface area contributed by atoms with Crippen molar-refractivity contribution < 1.29 is 19.4 Å². The van der Waals surface area contributed by atoms with Crippen molar-refractivity contribution in [3.8, 4) is 0 Å². The zero-order valence-electron chi connectivity index (χ0n) is 11.0. The molecule has 1 aromatic rings. The molecule has 104 valence electrons. The first-order valence-corrected chi connectivity index (χ1v) is 6.29. The van der Waals surface area contributed by atoms with Crippen molar-refractivity contribution in [2.24, 2.45) is 0 Å². The Morgan fingerprint density at radius 1 is 1.32 bits per heavy atom. The molecular weight excluding hydrogens is 246 g/mol. The summed E-state index contributed by atoms with van der Waals surface area (Å²) in [6.45, 7) is 2.60. The number of likely N-dealkylation sites (N-methyl/N-ethyl adjacent to an activating group) is 1. The van der Waals surface area contributed by atoms with Crippen LogP contribution in [0.2, 0.25) is 0 Å². The molecule has 0 saturated carbocycles. The number of carbonyl (C=O) groups is 2. The summed E-state index contributed by atoms with van der Waals surface area (Å²) < 4.78 is 5.08. The van der Waals surface area contributed by atoms with Crippen LogP contribution in [-0.2, 0) is 20.9 Å². The normalized spacial score (nSPS) is 11.8. The first kappa shape index (κ1) is 15.2. The molecule has 0 amide bonds. The number of carboxylic acid groups (broad SMARTS) is 1. The van der Waals surface area contributed by atoms with Crippen LogP contribution in [0.1, 0.15) is 25.3 Å². The van der Waals surface area contributed by atoms with E-state index in [2.05, 4.69) is 5.32 Å². The molecule has 19 heavy (non-hydrogen) atoms. The third kappa shape index (κ3) is 6.01. The van der Waals surface area contributed by atoms with E-state index in [1.807, 2.05) is 37.3 Å². The molecule has 0 spiro atoms. The van der Waals surface area contributed by atoms with Gasteiger partial charge in [0.1, 0.15) is 12.6 Å². The van der Waals surface area contributed by atoms with Gasteiger partial charge < -0.3 is 15.2 Å². The average Bonchev–Trinajstić information content (AvgIpc) is 2.42. The molecule has 1 rings (SSSR count). The Kier molecular flexibility index (Phi) is 6.60. The summed E-state index contributed by atoms with van der Waals surface area (Å²) in [5, 5.41) is 11.7. The Labute approximate surface area is 112 Å². The van der Waals surface area contributed by atoms with Crippen LogP contribution in [0.4, 0.5) is 0 Å². The van der Waals surface area contributed by atoms with Crippen LogP contribution in [0.25, 0.3) is 0 Å². The van der Waals surface area contributed by atoms with E-state index < -0.39 is 12.0 Å². The standard InChI is InChI=1S/C14H19NO4/c1-2-15-12(14(17)18)8-9-13(16)19-10-11-6-4-3-5-7-11/h3-7,12,15H,2,8-10H2,1H3,(H,17,18). The fourth-order valence-electron chi connectivity index (χ4n) is 1.63. The number of rotatable bonds is 8. The summed E-state index contributed by atoms with van der Waals surface area (Å²) in [7, 11) is 0. The maximum Gasteiger partial charge on any atom is 0.320 e. The third-order valence-corrected chi connectivity index (χ3v) is 2.63. The van der Waals surface area contributed by atoms with E-state index in [4.69, 9.17) is 9.84 Å². The fraction of sp³-hybridized carbons (Fsp3) is 0.429. The van der Waals surface area contributed by atoms with Gasteiger partial charge in [-0.15, -0.1) is 0 Å². The van der Waals surface area contributed by atoms with Gasteiger partial charge in [0, 0.05) is 6.42 Å². The van der Waals surface area contributed by atoms with Crippen molar-refractivity contribution in [1.29, 1.82) is 0 Å². The van der Waals surface area contributed by atoms with Gasteiger partial charge in [0.05, 0.1) is 0 Å². The summed E-state index contributed by atoms with van der Waals surface area (Å²) >= 11 is 0. The van der Waals surface area contributed by atoms with Crippen LogP contribution < -0.4 is 5.32 Å². The predicted molar refractivity (Wildman–Crippen MR) is 70.6 cm³/mol. The van der Waals surface area contributed by atoms with Gasteiger partial charge in [-0.1, -0.05) is 37.3 Å². The van der Waals surface area contributed by atoms with Gasteiger partial charge in [-0.05, 0) is 18.5 Å². The van der Waals surface area contributed by atoms with Crippen molar-refractivity contribution in [2.45, 2.75) is 32.4 Å². The highest BCUT2D eigenvalue weighted by Crippen LogP contribution is 2.04. The number of carbonyl (C=O) groups excluding carboxylic acids is 1. The Morgan fingerprint density at radius 2 is 2.00 bits per heavy atom. The van der Waals surface area contributed by atoms with Gasteiger partial charge in [0.2, 0.25) is 0 Å². The number of nitrogens with one attached hydrogen (secondary N) is 1. The quantitative estimate of drug-likeness (QED) is 0.698. The van der Waals surface area contributed by atoms with E-state index >= 15 is 0 Å². The minimum absolute atomic E-state index is 0.0940. The van der Waals surface area contributed by atoms with Crippen LogP contribution in [-0.4, -0.2) is 29.6 Å². The molecule has 1 unspecified atom stereocenters. The number of ether oxygens (including phenoxy) is 1. The van der Waals surface area contributed by atoms with Crippen LogP contribution in [0.15, 0.2) is 30.3 Å². The van der Waals surface area contributed by atoms with Crippen LogP contribution >= 0.6 is 0 Å². The first-order valence-electron chi connectivity index (χ1n) is 6.29. The minimum Gasteiger partial charge on any atom is -0.480 e. The first-order chi connectivity index (χ1) is 9.13. The second kappa shape index (κ2) is 8.26. The van der Waals surface area contributed by atoms with Crippen LogP contribution in [0.5, 0.6) is 0 Å². The summed E-state index contributed by atoms with van der Waals surface area (Å²) in [6.07, 6.45) is 0.327. The highest BCUT2D eigenvalue weighted by Gasteiger charge is 2.17. The van der Waals surface area contributed by atoms with Crippen molar-refractivity contribution >= 4 is 11.9 Å². The monoisotopic (exact) mass is 265 g/mol. The van der Waals surface area contributed by atoms with Crippen molar-refractivity contribution in [2.75, 3.05) is 6.54 Å². The van der Waals surface area contributed by atoms with Gasteiger partial charge in [0.15, 0.2) is 0 Å². The zero-order valence-corrected chi connectivity index (χ0v) is 11.0. The number of esters is 1. The highest BCUT2D eigenvalue weighted by atomic mass is 16.5. The van der Waals surface area contributed by atoms with E-state index in [-0.39, 0.29) is 25.4 Å². The maximum atomic E-state index is 11.5. The van der Waals surface area contributed by atoms with Crippen LogP contribution in [0, 0.1) is 0 Å². The van der Waals surface area contributed by atoms with E-state index in [1.165, 1.54) is 0 Å². The molecule has 5 nitrogen and oxygen atoms in total. The summed E-state index contributed by atoms with van der Waals surface area (Å²) in [5.74, 6) is -1.33. The molecule has 0 aromatic heterocycles. The maximum absolute atomic E-state index is 11.5. The molecule has 0 bridgehead atoms. The lowest BCUT2D eigenvalue weighted by atomic mass is 10.1. The van der Waals surface area contributed by atoms with Gasteiger partial charge in [-0.3, -0.25) is 9.59 Å². The SMILES string of the molecule is CCNC(CCC(=O)OCc1ccccc1)C(=O)O. The number of aliphatic carboxylic acids is 1. The highest BCUT2D eigenvalue weighted by molar-refractivity contribution is 5.75. The second-order valence-electron chi connectivity index (χ2n) is 4.13. The lowest BCUT2D eigenvalue weighted by Crippen LogP contribution is -2.36. The largest absolute Gasteiger partial charge is 0.480 e. The molecule has 0 fully saturated rings. The molecule has 0 aliphatic rings. The summed E-state index contributed by atoms with van der Waals surface area (Å²) in [6, 6.07) is 8.66. The van der Waals surface area contributed by atoms with E-state index in [1.54, 1.807) is 0 Å². The topological polar surface area (TPSA) is 75.6 Å². The number of benzene rings is 1. The summed E-state index contributed by atoms with van der Waals surface area (Å²) in [4.78, 5) is 22.4. The van der Waals surface area contributed by atoms with Crippen LogP contribution in [0.3, 0.4) is 0 Å². The van der Waals surface area contributed by atoms with Crippen molar-refractivity contribution in [3.05, 3.63) is 35.9 Å². The molecule has 5 heteroatoms. The Hall–Kier alpha value is -1.88. The molecule has 1 atom stereocenters. The van der Waals surface area contributed by atoms with E-state index in [0.717, 1.165) is 5.56 Å². The molecule has 1 aromatic carbocycles. The Morgan fingerprint density at radius 3 is 2.58 bits per heavy atom. The van der Waals surface area contributed by atoms with E-state index in [9.17, 15) is 9.59 Å². The number of hydrogen-bond acceptors (Lipinski definition) is 4. The minimum atomic E-state index is -0.947. The van der Waals surface area contributed by atoms with Gasteiger partial charge >= 0.3 is 11.9 Å². The zero-order chi connectivity index (χ0) is 14.1. The number of carboxylic acids is 1. The average molecular weight is 265 g/mol. The van der Waals surface area contributed by atoms with E-state index in [0.29, 0.717) is 6.54 Å². The molecule has 0 heterocycles. The molecule has 0 aliphatic heterocycles. The van der Waals surface area contributed by atoms with Gasteiger partial charge in [0.25, 0.3) is 0 Å².